The molecule has 9 heteroatoms. The lowest BCUT2D eigenvalue weighted by Crippen LogP contribution is -2.34. The Morgan fingerprint density at radius 2 is 2.00 bits per heavy atom. The van der Waals surface area contributed by atoms with Gasteiger partial charge < -0.3 is 5.11 Å². The van der Waals surface area contributed by atoms with Crippen LogP contribution >= 0.6 is 11.6 Å². The first kappa shape index (κ1) is 17.8. The van der Waals surface area contributed by atoms with E-state index in [2.05, 4.69) is 4.72 Å². The number of halogens is 1. The van der Waals surface area contributed by atoms with Gasteiger partial charge in [0.25, 0.3) is 5.69 Å². The molecule has 0 radical (unpaired) electrons. The van der Waals surface area contributed by atoms with Crippen molar-refractivity contribution in [3.05, 3.63) is 32.8 Å². The largest absolute Gasteiger partial charge is 0.393 e. The molecule has 0 saturated carbocycles. The molecule has 0 aliphatic rings. The zero-order valence-electron chi connectivity index (χ0n) is 11.8. The van der Waals surface area contributed by atoms with Crippen LogP contribution in [0.1, 0.15) is 25.8 Å². The van der Waals surface area contributed by atoms with Crippen LogP contribution < -0.4 is 4.72 Å². The van der Waals surface area contributed by atoms with Crippen LogP contribution in [-0.2, 0) is 10.0 Å². The number of nitrogens with one attached hydrogen (secondary N) is 1. The maximum atomic E-state index is 12.2. The zero-order chi connectivity index (χ0) is 16.4. The second-order valence-corrected chi connectivity index (χ2v) is 7.03. The molecule has 2 atom stereocenters. The summed E-state index contributed by atoms with van der Waals surface area (Å²) in [6, 6.07) is 1.62. The van der Waals surface area contributed by atoms with Gasteiger partial charge in [-0.1, -0.05) is 11.6 Å². The van der Waals surface area contributed by atoms with Gasteiger partial charge in [-0.2, -0.15) is 0 Å². The molecule has 0 heterocycles. The zero-order valence-corrected chi connectivity index (χ0v) is 13.4. The highest BCUT2D eigenvalue weighted by Gasteiger charge is 2.24. The van der Waals surface area contributed by atoms with E-state index in [1.54, 1.807) is 13.8 Å². The fraction of sp³-hybridized carbons (Fsp3) is 0.500. The lowest BCUT2D eigenvalue weighted by Gasteiger charge is -2.16. The summed E-state index contributed by atoms with van der Waals surface area (Å²) in [5, 5.41) is 20.2. The van der Waals surface area contributed by atoms with E-state index in [0.29, 0.717) is 0 Å². The first-order valence-electron chi connectivity index (χ1n) is 6.19. The summed E-state index contributed by atoms with van der Waals surface area (Å²) in [6.07, 6.45) is -0.445. The van der Waals surface area contributed by atoms with Crippen molar-refractivity contribution in [3.8, 4) is 0 Å². The highest BCUT2D eigenvalue weighted by Crippen LogP contribution is 2.29. The number of sulfonamides is 1. The number of nitrogens with zero attached hydrogens (tertiary/aromatic N) is 1. The van der Waals surface area contributed by atoms with Crippen molar-refractivity contribution < 1.29 is 18.4 Å². The molecule has 7 nitrogen and oxygen atoms in total. The lowest BCUT2D eigenvalue weighted by molar-refractivity contribution is -0.385. The molecular weight excluding hydrogens is 320 g/mol. The molecular formula is C12H17ClN2O5S. The second kappa shape index (κ2) is 6.69. The van der Waals surface area contributed by atoms with Gasteiger partial charge in [0, 0.05) is 17.7 Å². The summed E-state index contributed by atoms with van der Waals surface area (Å²) in [5.41, 5.74) is -0.149. The van der Waals surface area contributed by atoms with Crippen LogP contribution in [0.2, 0.25) is 5.02 Å². The molecule has 0 saturated heterocycles. The van der Waals surface area contributed by atoms with E-state index in [9.17, 15) is 23.6 Å². The highest BCUT2D eigenvalue weighted by molar-refractivity contribution is 7.89. The van der Waals surface area contributed by atoms with Crippen LogP contribution in [-0.4, -0.2) is 30.6 Å². The van der Waals surface area contributed by atoms with Crippen molar-refractivity contribution in [2.24, 2.45) is 0 Å². The Morgan fingerprint density at radius 1 is 1.43 bits per heavy atom. The highest BCUT2D eigenvalue weighted by atomic mass is 35.5. The van der Waals surface area contributed by atoms with Crippen LogP contribution in [0.4, 0.5) is 5.69 Å². The van der Waals surface area contributed by atoms with E-state index < -0.39 is 27.1 Å². The molecule has 1 rings (SSSR count). The van der Waals surface area contributed by atoms with Gasteiger partial charge in [-0.05, 0) is 33.3 Å². The van der Waals surface area contributed by atoms with Crippen LogP contribution in [0.15, 0.2) is 17.0 Å². The minimum absolute atomic E-state index is 0.00718. The van der Waals surface area contributed by atoms with Crippen molar-refractivity contribution in [2.45, 2.75) is 44.2 Å². The van der Waals surface area contributed by atoms with Gasteiger partial charge in [0.05, 0.1) is 20.9 Å². The van der Waals surface area contributed by atoms with Crippen LogP contribution in [0.3, 0.4) is 0 Å². The average Bonchev–Trinajstić information content (AvgIpc) is 2.29. The molecule has 0 bridgehead atoms. The Hall–Kier alpha value is -1.22. The van der Waals surface area contributed by atoms with E-state index in [0.717, 1.165) is 6.07 Å². The van der Waals surface area contributed by atoms with E-state index in [4.69, 9.17) is 11.6 Å². The summed E-state index contributed by atoms with van der Waals surface area (Å²) in [7, 11) is -3.95. The molecule has 0 aliphatic carbocycles. The predicted molar refractivity (Wildman–Crippen MR) is 78.9 cm³/mol. The second-order valence-electron chi connectivity index (χ2n) is 4.91. The Morgan fingerprint density at radius 3 is 2.48 bits per heavy atom. The van der Waals surface area contributed by atoms with Crippen molar-refractivity contribution >= 4 is 27.3 Å². The number of nitro benzene ring substituents is 1. The van der Waals surface area contributed by atoms with Gasteiger partial charge in [0.2, 0.25) is 10.0 Å². The fourth-order valence-corrected chi connectivity index (χ4v) is 3.46. The average molecular weight is 337 g/mol. The molecule has 2 N–H and O–H groups in total. The number of rotatable bonds is 6. The van der Waals surface area contributed by atoms with E-state index in [-0.39, 0.29) is 27.6 Å². The number of nitro groups is 1. The van der Waals surface area contributed by atoms with E-state index in [1.165, 1.54) is 13.0 Å². The molecule has 0 aromatic heterocycles. The normalized spacial score (nSPS) is 14.7. The van der Waals surface area contributed by atoms with Crippen LogP contribution in [0.5, 0.6) is 0 Å². The number of aliphatic hydroxyl groups is 1. The van der Waals surface area contributed by atoms with Crippen LogP contribution in [0.25, 0.3) is 0 Å². The topological polar surface area (TPSA) is 110 Å². The monoisotopic (exact) mass is 336 g/mol. The summed E-state index contributed by atoms with van der Waals surface area (Å²) < 4.78 is 26.7. The first-order valence-corrected chi connectivity index (χ1v) is 8.05. The summed E-state index contributed by atoms with van der Waals surface area (Å²) >= 11 is 5.85. The molecule has 0 fully saturated rings. The number of hydrogen-bond donors (Lipinski definition) is 2. The molecule has 118 valence electrons. The Kier molecular flexibility index (Phi) is 5.68. The number of aliphatic hydroxyl groups excluding tert-OH is 1. The van der Waals surface area contributed by atoms with Gasteiger partial charge in [-0.15, -0.1) is 0 Å². The van der Waals surface area contributed by atoms with E-state index >= 15 is 0 Å². The first-order chi connectivity index (χ1) is 9.54. The summed E-state index contributed by atoms with van der Waals surface area (Å²) in [4.78, 5) is 9.96. The summed E-state index contributed by atoms with van der Waals surface area (Å²) in [6.45, 7) is 4.58. The maximum Gasteiger partial charge on any atom is 0.275 e. The van der Waals surface area contributed by atoms with Gasteiger partial charge >= 0.3 is 0 Å². The predicted octanol–water partition coefficient (Wildman–Crippen LogP) is 1.99. The maximum absolute atomic E-state index is 12.2. The van der Waals surface area contributed by atoms with E-state index in [1.807, 2.05) is 0 Å². The standard InChI is InChI=1S/C12H17ClN2O5S/c1-7(4-8(2)16)14-21(19,20)10-5-11(13)9(3)12(6-10)15(17)18/h5-8,14,16H,4H2,1-3H3. The SMILES string of the molecule is Cc1c(Cl)cc(S(=O)(=O)NC(C)CC(C)O)cc1[N+](=O)[O-]. The quantitative estimate of drug-likeness (QED) is 0.609. The Labute approximate surface area is 128 Å². The number of benzene rings is 1. The molecule has 0 aliphatic heterocycles. The summed E-state index contributed by atoms with van der Waals surface area (Å²) in [5.74, 6) is 0. The van der Waals surface area contributed by atoms with Crippen molar-refractivity contribution in [2.75, 3.05) is 0 Å². The van der Waals surface area contributed by atoms with Crippen molar-refractivity contribution in [1.82, 2.24) is 4.72 Å². The van der Waals surface area contributed by atoms with Crippen molar-refractivity contribution in [3.63, 3.8) is 0 Å². The fourth-order valence-electron chi connectivity index (χ4n) is 1.88. The number of hydrogen-bond acceptors (Lipinski definition) is 5. The minimum Gasteiger partial charge on any atom is -0.393 e. The molecule has 21 heavy (non-hydrogen) atoms. The molecule has 0 spiro atoms. The lowest BCUT2D eigenvalue weighted by atomic mass is 10.2. The third-order valence-corrected chi connectivity index (χ3v) is 4.81. The van der Waals surface area contributed by atoms with Gasteiger partial charge in [0.1, 0.15) is 0 Å². The molecule has 2 unspecified atom stereocenters. The Bertz CT molecular complexity index is 645. The van der Waals surface area contributed by atoms with Crippen molar-refractivity contribution in [1.29, 1.82) is 0 Å². The van der Waals surface area contributed by atoms with Gasteiger partial charge in [0.15, 0.2) is 0 Å². The van der Waals surface area contributed by atoms with Crippen LogP contribution in [0, 0.1) is 17.0 Å². The minimum atomic E-state index is -3.95. The third-order valence-electron chi connectivity index (χ3n) is 2.85. The van der Waals surface area contributed by atoms with Gasteiger partial charge in [-0.25, -0.2) is 13.1 Å². The smallest absolute Gasteiger partial charge is 0.275 e. The van der Waals surface area contributed by atoms with Gasteiger partial charge in [-0.3, -0.25) is 10.1 Å². The third kappa shape index (κ3) is 4.63. The Balaban J connectivity index is 3.17. The molecule has 1 aromatic carbocycles. The molecule has 0 amide bonds. The molecule has 1 aromatic rings.